The minimum Gasteiger partial charge on any atom is -0.499 e. The summed E-state index contributed by atoms with van der Waals surface area (Å²) in [6, 6.07) is 15.9. The number of rotatable bonds is 6. The molecule has 28 heavy (non-hydrogen) atoms. The first-order valence-corrected chi connectivity index (χ1v) is 8.29. The number of carbonyl (C=O) groups is 3. The van der Waals surface area contributed by atoms with Crippen molar-refractivity contribution >= 4 is 17.9 Å². The van der Waals surface area contributed by atoms with Gasteiger partial charge in [-0.1, -0.05) is 36.4 Å². The second-order valence-electron chi connectivity index (χ2n) is 5.83. The Labute approximate surface area is 159 Å². The molecule has 2 N–H and O–H groups in total. The summed E-state index contributed by atoms with van der Waals surface area (Å²) in [7, 11) is 0. The molecule has 1 aliphatic heterocycles. The lowest BCUT2D eigenvalue weighted by Gasteiger charge is -2.19. The van der Waals surface area contributed by atoms with Gasteiger partial charge < -0.3 is 24.4 Å². The van der Waals surface area contributed by atoms with Crippen LogP contribution in [0.5, 0.6) is 0 Å². The first-order valence-electron chi connectivity index (χ1n) is 8.29. The van der Waals surface area contributed by atoms with Gasteiger partial charge in [-0.25, -0.2) is 14.4 Å². The molecule has 1 aliphatic rings. The van der Waals surface area contributed by atoms with Crippen LogP contribution in [-0.2, 0) is 19.0 Å². The van der Waals surface area contributed by atoms with Gasteiger partial charge >= 0.3 is 17.9 Å². The molecule has 0 aliphatic carbocycles. The average molecular weight is 384 g/mol. The lowest BCUT2D eigenvalue weighted by Crippen LogP contribution is -2.34. The molecule has 0 amide bonds. The number of cyclic esters (lactones) is 1. The highest BCUT2D eigenvalue weighted by atomic mass is 16.6. The Kier molecular flexibility index (Phi) is 5.71. The van der Waals surface area contributed by atoms with Crippen molar-refractivity contribution in [1.82, 2.24) is 0 Å². The van der Waals surface area contributed by atoms with Crippen molar-refractivity contribution < 1.29 is 38.8 Å². The molecule has 1 heterocycles. The van der Waals surface area contributed by atoms with Crippen molar-refractivity contribution in [3.05, 3.63) is 83.3 Å². The van der Waals surface area contributed by atoms with Crippen LogP contribution in [0.3, 0.4) is 0 Å². The summed E-state index contributed by atoms with van der Waals surface area (Å²) in [5, 5.41) is 20.1. The molecule has 0 saturated carbocycles. The summed E-state index contributed by atoms with van der Waals surface area (Å²) >= 11 is 0. The number of ether oxygens (including phenoxy) is 3. The minimum absolute atomic E-state index is 0.172. The van der Waals surface area contributed by atoms with Crippen LogP contribution in [0.25, 0.3) is 0 Å². The molecule has 8 nitrogen and oxygen atoms in total. The average Bonchev–Trinajstić information content (AvgIpc) is 3.01. The predicted octanol–water partition coefficient (Wildman–Crippen LogP) is 1.76. The third kappa shape index (κ3) is 4.18. The van der Waals surface area contributed by atoms with E-state index in [-0.39, 0.29) is 11.1 Å². The molecule has 0 saturated heterocycles. The molecule has 2 aromatic rings. The van der Waals surface area contributed by atoms with Crippen molar-refractivity contribution in [3.63, 3.8) is 0 Å². The Balaban J connectivity index is 1.67. The van der Waals surface area contributed by atoms with Crippen LogP contribution in [0, 0.1) is 0 Å². The van der Waals surface area contributed by atoms with Crippen LogP contribution in [0.2, 0.25) is 0 Å². The molecule has 0 aromatic heterocycles. The van der Waals surface area contributed by atoms with E-state index in [1.54, 1.807) is 36.4 Å². The summed E-state index contributed by atoms with van der Waals surface area (Å²) in [6.07, 6.45) is -3.05. The normalized spacial score (nSPS) is 17.0. The number of benzene rings is 2. The van der Waals surface area contributed by atoms with E-state index in [4.69, 9.17) is 14.2 Å². The molecule has 0 radical (unpaired) electrons. The van der Waals surface area contributed by atoms with Gasteiger partial charge in [-0.05, 0) is 24.3 Å². The van der Waals surface area contributed by atoms with Crippen LogP contribution in [0.15, 0.2) is 72.2 Å². The van der Waals surface area contributed by atoms with Gasteiger partial charge in [-0.15, -0.1) is 0 Å². The summed E-state index contributed by atoms with van der Waals surface area (Å²) in [5.41, 5.74) is 0.443. The van der Waals surface area contributed by atoms with E-state index in [0.29, 0.717) is 0 Å². The van der Waals surface area contributed by atoms with Crippen molar-refractivity contribution in [2.75, 3.05) is 6.61 Å². The molecule has 144 valence electrons. The zero-order chi connectivity index (χ0) is 20.1. The maximum Gasteiger partial charge on any atom is 0.378 e. The lowest BCUT2D eigenvalue weighted by atomic mass is 10.1. The molecule has 2 aromatic carbocycles. The van der Waals surface area contributed by atoms with Crippen molar-refractivity contribution in [2.45, 2.75) is 12.2 Å². The van der Waals surface area contributed by atoms with Gasteiger partial charge in [0.2, 0.25) is 11.5 Å². The highest BCUT2D eigenvalue weighted by Crippen LogP contribution is 2.26. The number of hydrogen-bond donors (Lipinski definition) is 2. The first kappa shape index (κ1) is 19.1. The van der Waals surface area contributed by atoms with Gasteiger partial charge in [0.25, 0.3) is 0 Å². The number of hydrogen-bond acceptors (Lipinski definition) is 8. The van der Waals surface area contributed by atoms with Crippen LogP contribution >= 0.6 is 0 Å². The summed E-state index contributed by atoms with van der Waals surface area (Å²) in [4.78, 5) is 35.8. The van der Waals surface area contributed by atoms with E-state index in [1.807, 2.05) is 0 Å². The smallest absolute Gasteiger partial charge is 0.378 e. The van der Waals surface area contributed by atoms with E-state index < -0.39 is 48.2 Å². The van der Waals surface area contributed by atoms with Gasteiger partial charge in [-0.3, -0.25) is 0 Å². The third-order valence-electron chi connectivity index (χ3n) is 3.88. The SMILES string of the molecule is O=C1O[C@H]([C@@H](O)COC(=O)c2ccccc2)C(OC(=O)c2ccccc2)=C1O. The molecule has 0 bridgehead atoms. The number of aliphatic hydroxyl groups excluding tert-OH is 2. The Bertz CT molecular complexity index is 904. The van der Waals surface area contributed by atoms with Crippen molar-refractivity contribution in [3.8, 4) is 0 Å². The van der Waals surface area contributed by atoms with E-state index in [1.165, 1.54) is 24.3 Å². The highest BCUT2D eigenvalue weighted by Gasteiger charge is 2.42. The summed E-state index contributed by atoms with van der Waals surface area (Å²) in [6.45, 7) is -0.550. The molecule has 8 heteroatoms. The molecular formula is C20H16O8. The van der Waals surface area contributed by atoms with Crippen LogP contribution < -0.4 is 0 Å². The summed E-state index contributed by atoms with van der Waals surface area (Å²) in [5.74, 6) is -4.17. The van der Waals surface area contributed by atoms with Gasteiger partial charge in [0.15, 0.2) is 6.10 Å². The second kappa shape index (κ2) is 8.36. The third-order valence-corrected chi connectivity index (χ3v) is 3.88. The van der Waals surface area contributed by atoms with E-state index >= 15 is 0 Å². The topological polar surface area (TPSA) is 119 Å². The largest absolute Gasteiger partial charge is 0.499 e. The van der Waals surface area contributed by atoms with Crippen molar-refractivity contribution in [1.29, 1.82) is 0 Å². The van der Waals surface area contributed by atoms with Gasteiger partial charge in [0.1, 0.15) is 12.7 Å². The maximum absolute atomic E-state index is 12.2. The molecule has 2 atom stereocenters. The number of aliphatic hydroxyl groups is 2. The van der Waals surface area contributed by atoms with Crippen molar-refractivity contribution in [2.24, 2.45) is 0 Å². The fourth-order valence-electron chi connectivity index (χ4n) is 2.46. The molecular weight excluding hydrogens is 368 g/mol. The van der Waals surface area contributed by atoms with Crippen LogP contribution in [0.1, 0.15) is 20.7 Å². The van der Waals surface area contributed by atoms with E-state index in [0.717, 1.165) is 0 Å². The Morgan fingerprint density at radius 2 is 1.50 bits per heavy atom. The monoisotopic (exact) mass is 384 g/mol. The first-order chi connectivity index (χ1) is 13.5. The minimum atomic E-state index is -1.56. The quantitative estimate of drug-likeness (QED) is 0.571. The summed E-state index contributed by atoms with van der Waals surface area (Å²) < 4.78 is 14.9. The molecule has 0 spiro atoms. The molecule has 0 fully saturated rings. The Morgan fingerprint density at radius 1 is 0.964 bits per heavy atom. The fraction of sp³-hybridized carbons (Fsp3) is 0.150. The second-order valence-corrected chi connectivity index (χ2v) is 5.83. The molecule has 3 rings (SSSR count). The van der Waals surface area contributed by atoms with Gasteiger partial charge in [0.05, 0.1) is 11.1 Å². The molecule has 0 unspecified atom stereocenters. The fourth-order valence-corrected chi connectivity index (χ4v) is 2.46. The van der Waals surface area contributed by atoms with Gasteiger partial charge in [0, 0.05) is 0 Å². The number of carbonyl (C=O) groups excluding carboxylic acids is 3. The Morgan fingerprint density at radius 3 is 2.07 bits per heavy atom. The standard InChI is InChI=1S/C20H16O8/c21-14(11-26-18(23)12-7-3-1-4-8-12)16-17(15(22)20(25)27-16)28-19(24)13-9-5-2-6-10-13/h1-10,14,16,21-22H,11H2/t14-,16+/m0/s1. The predicted molar refractivity (Wildman–Crippen MR) is 94.1 cm³/mol. The zero-order valence-corrected chi connectivity index (χ0v) is 14.5. The van der Waals surface area contributed by atoms with E-state index in [2.05, 4.69) is 0 Å². The highest BCUT2D eigenvalue weighted by molar-refractivity contribution is 5.93. The lowest BCUT2D eigenvalue weighted by molar-refractivity contribution is -0.147. The van der Waals surface area contributed by atoms with Crippen LogP contribution in [-0.4, -0.2) is 46.9 Å². The van der Waals surface area contributed by atoms with Gasteiger partial charge in [-0.2, -0.15) is 0 Å². The maximum atomic E-state index is 12.2. The Hall–Kier alpha value is -3.65. The zero-order valence-electron chi connectivity index (χ0n) is 14.5. The number of esters is 3. The van der Waals surface area contributed by atoms with E-state index in [9.17, 15) is 24.6 Å². The van der Waals surface area contributed by atoms with Crippen LogP contribution in [0.4, 0.5) is 0 Å².